The molecule has 7 heteroatoms. The Labute approximate surface area is 109 Å². The Morgan fingerprint density at radius 1 is 1.11 bits per heavy atom. The Hall–Kier alpha value is -2.70. The fourth-order valence-electron chi connectivity index (χ4n) is 1.89. The first-order chi connectivity index (χ1) is 8.88. The Bertz CT molecular complexity index is 653. The zero-order valence-electron chi connectivity index (χ0n) is 10.7. The van der Waals surface area contributed by atoms with Gasteiger partial charge in [0.1, 0.15) is 11.4 Å². The van der Waals surface area contributed by atoms with Gasteiger partial charge in [-0.05, 0) is 12.1 Å². The maximum atomic E-state index is 12.0. The van der Waals surface area contributed by atoms with Gasteiger partial charge >= 0.3 is 0 Å². The van der Waals surface area contributed by atoms with Crippen LogP contribution in [0.4, 0.5) is 11.4 Å². The highest BCUT2D eigenvalue weighted by Gasteiger charge is 2.14. The van der Waals surface area contributed by atoms with Crippen LogP contribution in [-0.4, -0.2) is 20.9 Å². The third-order valence-corrected chi connectivity index (χ3v) is 2.77. The first kappa shape index (κ1) is 12.7. The van der Waals surface area contributed by atoms with Gasteiger partial charge in [-0.2, -0.15) is 0 Å². The van der Waals surface area contributed by atoms with Crippen LogP contribution in [0.1, 0.15) is 21.0 Å². The van der Waals surface area contributed by atoms with Crippen molar-refractivity contribution in [2.75, 3.05) is 11.1 Å². The molecule has 5 N–H and O–H groups in total. The van der Waals surface area contributed by atoms with Gasteiger partial charge in [0.05, 0.1) is 11.4 Å². The van der Waals surface area contributed by atoms with E-state index in [2.05, 4.69) is 5.32 Å². The van der Waals surface area contributed by atoms with Crippen LogP contribution >= 0.6 is 0 Å². The van der Waals surface area contributed by atoms with Crippen LogP contribution in [-0.2, 0) is 14.1 Å². The van der Waals surface area contributed by atoms with Crippen molar-refractivity contribution in [2.24, 2.45) is 19.8 Å². The smallest absolute Gasteiger partial charge is 0.272 e. The number of primary amides is 1. The quantitative estimate of drug-likeness (QED) is 0.739. The van der Waals surface area contributed by atoms with Crippen molar-refractivity contribution in [1.82, 2.24) is 9.13 Å². The zero-order valence-corrected chi connectivity index (χ0v) is 10.7. The molecule has 0 radical (unpaired) electrons. The van der Waals surface area contributed by atoms with E-state index in [1.54, 1.807) is 41.7 Å². The number of amides is 2. The van der Waals surface area contributed by atoms with Gasteiger partial charge in [0.2, 0.25) is 0 Å². The second kappa shape index (κ2) is 4.52. The number of hydrogen-bond donors (Lipinski definition) is 3. The van der Waals surface area contributed by atoms with E-state index < -0.39 is 5.91 Å². The van der Waals surface area contributed by atoms with Crippen LogP contribution in [0, 0.1) is 0 Å². The van der Waals surface area contributed by atoms with Crippen molar-refractivity contribution in [1.29, 1.82) is 0 Å². The maximum Gasteiger partial charge on any atom is 0.272 e. The van der Waals surface area contributed by atoms with Gasteiger partial charge in [0.25, 0.3) is 11.8 Å². The molecule has 0 aliphatic heterocycles. The SMILES string of the molecule is Cn1cc(NC(=O)c2cc(N)cn2C)cc1C(N)=O. The lowest BCUT2D eigenvalue weighted by atomic mass is 10.3. The molecule has 2 heterocycles. The van der Waals surface area contributed by atoms with E-state index in [0.29, 0.717) is 22.8 Å². The van der Waals surface area contributed by atoms with Crippen molar-refractivity contribution < 1.29 is 9.59 Å². The van der Waals surface area contributed by atoms with Crippen LogP contribution in [0.15, 0.2) is 24.5 Å². The van der Waals surface area contributed by atoms with E-state index in [9.17, 15) is 9.59 Å². The minimum atomic E-state index is -0.550. The fraction of sp³-hybridized carbons (Fsp3) is 0.167. The van der Waals surface area contributed by atoms with Gasteiger partial charge in [0.15, 0.2) is 0 Å². The molecule has 2 rings (SSSR count). The monoisotopic (exact) mass is 261 g/mol. The van der Waals surface area contributed by atoms with E-state index in [0.717, 1.165) is 0 Å². The number of aromatic nitrogens is 2. The number of aryl methyl sites for hydroxylation is 2. The highest BCUT2D eigenvalue weighted by Crippen LogP contribution is 2.15. The maximum absolute atomic E-state index is 12.0. The molecule has 0 aliphatic rings. The van der Waals surface area contributed by atoms with Crippen LogP contribution < -0.4 is 16.8 Å². The zero-order chi connectivity index (χ0) is 14.2. The number of carbonyl (C=O) groups excluding carboxylic acids is 2. The predicted molar refractivity (Wildman–Crippen MR) is 71.7 cm³/mol. The highest BCUT2D eigenvalue weighted by molar-refractivity contribution is 6.04. The first-order valence-electron chi connectivity index (χ1n) is 5.58. The molecule has 100 valence electrons. The average Bonchev–Trinajstić information content (AvgIpc) is 2.81. The summed E-state index contributed by atoms with van der Waals surface area (Å²) in [5, 5.41) is 2.68. The standard InChI is InChI=1S/C12H15N5O2/c1-16-5-7(13)3-10(16)12(19)15-8-4-9(11(14)18)17(2)6-8/h3-6H,13H2,1-2H3,(H2,14,18)(H,15,19). The molecule has 7 nitrogen and oxygen atoms in total. The van der Waals surface area contributed by atoms with E-state index in [1.165, 1.54) is 6.07 Å². The molecule has 0 aliphatic carbocycles. The molecule has 2 amide bonds. The summed E-state index contributed by atoms with van der Waals surface area (Å²) >= 11 is 0. The Kier molecular flexibility index (Phi) is 3.04. The molecule has 0 bridgehead atoms. The fourth-order valence-corrected chi connectivity index (χ4v) is 1.89. The number of nitrogens with two attached hydrogens (primary N) is 2. The molecule has 0 spiro atoms. The highest BCUT2D eigenvalue weighted by atomic mass is 16.2. The minimum absolute atomic E-state index is 0.305. The molecule has 0 unspecified atom stereocenters. The number of hydrogen-bond acceptors (Lipinski definition) is 3. The average molecular weight is 261 g/mol. The molecule has 0 fully saturated rings. The van der Waals surface area contributed by atoms with Gasteiger partial charge in [-0.1, -0.05) is 0 Å². The van der Waals surface area contributed by atoms with Crippen LogP contribution in [0.2, 0.25) is 0 Å². The number of rotatable bonds is 3. The summed E-state index contributed by atoms with van der Waals surface area (Å²) in [6.07, 6.45) is 3.26. The molecule has 19 heavy (non-hydrogen) atoms. The number of nitrogens with zero attached hydrogens (tertiary/aromatic N) is 2. The molecule has 0 saturated heterocycles. The van der Waals surface area contributed by atoms with Gasteiger partial charge < -0.3 is 25.9 Å². The molecule has 0 saturated carbocycles. The summed E-state index contributed by atoms with van der Waals surface area (Å²) in [7, 11) is 3.40. The largest absolute Gasteiger partial charge is 0.397 e. The van der Waals surface area contributed by atoms with E-state index >= 15 is 0 Å². The molecule has 0 atom stereocenters. The topological polar surface area (TPSA) is 108 Å². The molecule has 2 aromatic heterocycles. The Balaban J connectivity index is 2.22. The summed E-state index contributed by atoms with van der Waals surface area (Å²) in [6.45, 7) is 0. The predicted octanol–water partition coefficient (Wildman–Crippen LogP) is 0.297. The number of nitrogen functional groups attached to an aromatic ring is 1. The summed E-state index contributed by atoms with van der Waals surface area (Å²) in [6, 6.07) is 3.10. The normalized spacial score (nSPS) is 10.4. The molecule has 2 aromatic rings. The minimum Gasteiger partial charge on any atom is -0.397 e. The first-order valence-corrected chi connectivity index (χ1v) is 5.58. The molecular weight excluding hydrogens is 246 g/mol. The van der Waals surface area contributed by atoms with E-state index in [1.807, 2.05) is 0 Å². The van der Waals surface area contributed by atoms with Crippen molar-refractivity contribution in [2.45, 2.75) is 0 Å². The molecule has 0 aromatic carbocycles. The number of nitrogens with one attached hydrogen (secondary N) is 1. The van der Waals surface area contributed by atoms with E-state index in [-0.39, 0.29) is 5.91 Å². The summed E-state index contributed by atoms with van der Waals surface area (Å²) < 4.78 is 3.18. The van der Waals surface area contributed by atoms with Crippen molar-refractivity contribution in [3.63, 3.8) is 0 Å². The third-order valence-electron chi connectivity index (χ3n) is 2.77. The Morgan fingerprint density at radius 3 is 2.21 bits per heavy atom. The summed E-state index contributed by atoms with van der Waals surface area (Å²) in [5.41, 5.74) is 12.6. The number of anilines is 2. The van der Waals surface area contributed by atoms with Crippen molar-refractivity contribution in [3.8, 4) is 0 Å². The lowest BCUT2D eigenvalue weighted by molar-refractivity contribution is 0.0989. The van der Waals surface area contributed by atoms with Gasteiger partial charge in [-0.15, -0.1) is 0 Å². The van der Waals surface area contributed by atoms with Crippen molar-refractivity contribution in [3.05, 3.63) is 35.9 Å². The lowest BCUT2D eigenvalue weighted by Crippen LogP contribution is -2.15. The Morgan fingerprint density at radius 2 is 1.74 bits per heavy atom. The second-order valence-corrected chi connectivity index (χ2v) is 4.31. The van der Waals surface area contributed by atoms with E-state index in [4.69, 9.17) is 11.5 Å². The summed E-state index contributed by atoms with van der Waals surface area (Å²) in [5.74, 6) is -0.855. The number of carbonyl (C=O) groups is 2. The third kappa shape index (κ3) is 2.44. The second-order valence-electron chi connectivity index (χ2n) is 4.31. The summed E-state index contributed by atoms with van der Waals surface area (Å²) in [4.78, 5) is 23.1. The van der Waals surface area contributed by atoms with Crippen molar-refractivity contribution >= 4 is 23.2 Å². The van der Waals surface area contributed by atoms with Crippen LogP contribution in [0.5, 0.6) is 0 Å². The van der Waals surface area contributed by atoms with Gasteiger partial charge in [-0.25, -0.2) is 0 Å². The lowest BCUT2D eigenvalue weighted by Gasteiger charge is -2.03. The van der Waals surface area contributed by atoms with Crippen LogP contribution in [0.25, 0.3) is 0 Å². The van der Waals surface area contributed by atoms with Gasteiger partial charge in [-0.3, -0.25) is 9.59 Å². The van der Waals surface area contributed by atoms with Gasteiger partial charge in [0, 0.05) is 26.5 Å². The van der Waals surface area contributed by atoms with Crippen LogP contribution in [0.3, 0.4) is 0 Å². The molecular formula is C12H15N5O2.